The Labute approximate surface area is 114 Å². The quantitative estimate of drug-likeness (QED) is 0.696. The summed E-state index contributed by atoms with van der Waals surface area (Å²) in [4.78, 5) is 0. The molecular weight excluding hydrogens is 248 g/mol. The fraction of sp³-hybridized carbons (Fsp3) is 0.600. The number of hydrogen-bond acceptors (Lipinski definition) is 2. The van der Waals surface area contributed by atoms with Gasteiger partial charge in [0.05, 0.1) is 0 Å². The SMILES string of the molecule is CCCNC(CCOCC)Cc1c(F)cccc1F. The minimum absolute atomic E-state index is 0.0397. The van der Waals surface area contributed by atoms with Gasteiger partial charge in [0.15, 0.2) is 0 Å². The predicted molar refractivity (Wildman–Crippen MR) is 73.3 cm³/mol. The van der Waals surface area contributed by atoms with Crippen LogP contribution in [0.5, 0.6) is 0 Å². The van der Waals surface area contributed by atoms with Gasteiger partial charge in [-0.1, -0.05) is 13.0 Å². The molecule has 0 aliphatic heterocycles. The lowest BCUT2D eigenvalue weighted by atomic mass is 10.0. The second-order valence-corrected chi connectivity index (χ2v) is 4.54. The molecule has 0 bridgehead atoms. The first-order valence-electron chi connectivity index (χ1n) is 6.93. The highest BCUT2D eigenvalue weighted by Gasteiger charge is 2.15. The third-order valence-corrected chi connectivity index (χ3v) is 3.01. The van der Waals surface area contributed by atoms with E-state index in [0.717, 1.165) is 19.4 Å². The highest BCUT2D eigenvalue weighted by Crippen LogP contribution is 2.15. The molecule has 1 atom stereocenters. The van der Waals surface area contributed by atoms with Crippen molar-refractivity contribution in [3.05, 3.63) is 35.4 Å². The molecule has 0 saturated carbocycles. The zero-order chi connectivity index (χ0) is 14.1. The summed E-state index contributed by atoms with van der Waals surface area (Å²) >= 11 is 0. The number of benzene rings is 1. The van der Waals surface area contributed by atoms with E-state index < -0.39 is 11.6 Å². The van der Waals surface area contributed by atoms with E-state index in [1.54, 1.807) is 0 Å². The number of rotatable bonds is 9. The molecule has 0 spiro atoms. The highest BCUT2D eigenvalue weighted by atomic mass is 19.1. The van der Waals surface area contributed by atoms with Crippen LogP contribution in [-0.2, 0) is 11.2 Å². The van der Waals surface area contributed by atoms with Crippen molar-refractivity contribution in [2.75, 3.05) is 19.8 Å². The van der Waals surface area contributed by atoms with Gasteiger partial charge in [-0.3, -0.25) is 0 Å². The summed E-state index contributed by atoms with van der Waals surface area (Å²) in [6.45, 7) is 6.11. The van der Waals surface area contributed by atoms with Crippen LogP contribution in [0.15, 0.2) is 18.2 Å². The molecule has 0 radical (unpaired) electrons. The molecule has 0 aromatic heterocycles. The summed E-state index contributed by atoms with van der Waals surface area (Å²) in [6.07, 6.45) is 2.10. The van der Waals surface area contributed by atoms with Crippen LogP contribution in [0.25, 0.3) is 0 Å². The Morgan fingerprint density at radius 3 is 2.47 bits per heavy atom. The maximum absolute atomic E-state index is 13.6. The van der Waals surface area contributed by atoms with Gasteiger partial charge in [-0.15, -0.1) is 0 Å². The Morgan fingerprint density at radius 2 is 1.89 bits per heavy atom. The second kappa shape index (κ2) is 8.99. The first-order valence-corrected chi connectivity index (χ1v) is 6.93. The van der Waals surface area contributed by atoms with E-state index in [-0.39, 0.29) is 11.6 Å². The number of hydrogen-bond donors (Lipinski definition) is 1. The summed E-state index contributed by atoms with van der Waals surface area (Å²) in [5, 5.41) is 3.32. The molecule has 1 rings (SSSR count). The van der Waals surface area contributed by atoms with Gasteiger partial charge in [-0.05, 0) is 44.9 Å². The zero-order valence-corrected chi connectivity index (χ0v) is 11.7. The Balaban J connectivity index is 2.64. The standard InChI is InChI=1S/C15H23F2NO/c1-3-9-18-12(8-10-19-4-2)11-13-14(16)6-5-7-15(13)17/h5-7,12,18H,3-4,8-11H2,1-2H3. The van der Waals surface area contributed by atoms with E-state index in [1.807, 2.05) is 6.92 Å². The number of halogens is 2. The van der Waals surface area contributed by atoms with Gasteiger partial charge in [-0.2, -0.15) is 0 Å². The van der Waals surface area contributed by atoms with Crippen LogP contribution in [0, 0.1) is 11.6 Å². The number of nitrogens with one attached hydrogen (secondary N) is 1. The van der Waals surface area contributed by atoms with Crippen LogP contribution in [0.1, 0.15) is 32.3 Å². The molecule has 108 valence electrons. The Hall–Kier alpha value is -1.00. The van der Waals surface area contributed by atoms with Gasteiger partial charge >= 0.3 is 0 Å². The molecule has 0 heterocycles. The van der Waals surface area contributed by atoms with Gasteiger partial charge in [0, 0.05) is 24.8 Å². The first kappa shape index (κ1) is 16.1. The van der Waals surface area contributed by atoms with Crippen molar-refractivity contribution in [1.82, 2.24) is 5.32 Å². The minimum Gasteiger partial charge on any atom is -0.382 e. The molecule has 1 aromatic carbocycles. The van der Waals surface area contributed by atoms with Gasteiger partial charge in [0.25, 0.3) is 0 Å². The lowest BCUT2D eigenvalue weighted by molar-refractivity contribution is 0.136. The van der Waals surface area contributed by atoms with E-state index in [1.165, 1.54) is 18.2 Å². The van der Waals surface area contributed by atoms with Crippen LogP contribution < -0.4 is 5.32 Å². The van der Waals surface area contributed by atoms with Gasteiger partial charge in [0.1, 0.15) is 11.6 Å². The third-order valence-electron chi connectivity index (χ3n) is 3.01. The second-order valence-electron chi connectivity index (χ2n) is 4.54. The van der Waals surface area contributed by atoms with Crippen molar-refractivity contribution < 1.29 is 13.5 Å². The van der Waals surface area contributed by atoms with E-state index in [2.05, 4.69) is 12.2 Å². The molecule has 0 aliphatic carbocycles. The Morgan fingerprint density at radius 1 is 1.21 bits per heavy atom. The molecule has 0 fully saturated rings. The fourth-order valence-electron chi connectivity index (χ4n) is 1.97. The maximum atomic E-state index is 13.6. The first-order chi connectivity index (χ1) is 9.19. The molecule has 1 aromatic rings. The molecule has 0 amide bonds. The molecule has 19 heavy (non-hydrogen) atoms. The monoisotopic (exact) mass is 271 g/mol. The summed E-state index contributed by atoms with van der Waals surface area (Å²) in [6, 6.07) is 4.04. The molecular formula is C15H23F2NO. The lowest BCUT2D eigenvalue weighted by Gasteiger charge is -2.19. The third kappa shape index (κ3) is 5.66. The van der Waals surface area contributed by atoms with E-state index in [0.29, 0.717) is 19.6 Å². The predicted octanol–water partition coefficient (Wildman–Crippen LogP) is 3.30. The van der Waals surface area contributed by atoms with Crippen LogP contribution in [0.4, 0.5) is 8.78 Å². The summed E-state index contributed by atoms with van der Waals surface area (Å²) in [5.41, 5.74) is 0.160. The zero-order valence-electron chi connectivity index (χ0n) is 11.7. The fourth-order valence-corrected chi connectivity index (χ4v) is 1.97. The minimum atomic E-state index is -0.472. The van der Waals surface area contributed by atoms with E-state index in [4.69, 9.17) is 4.74 Å². The largest absolute Gasteiger partial charge is 0.382 e. The van der Waals surface area contributed by atoms with Crippen molar-refractivity contribution in [1.29, 1.82) is 0 Å². The van der Waals surface area contributed by atoms with Crippen LogP contribution in [0.3, 0.4) is 0 Å². The molecule has 1 N–H and O–H groups in total. The summed E-state index contributed by atoms with van der Waals surface area (Å²) in [7, 11) is 0. The molecule has 0 aliphatic rings. The van der Waals surface area contributed by atoms with Crippen molar-refractivity contribution in [2.24, 2.45) is 0 Å². The smallest absolute Gasteiger partial charge is 0.129 e. The Bertz CT molecular complexity index is 351. The number of ether oxygens (including phenoxy) is 1. The van der Waals surface area contributed by atoms with Gasteiger partial charge < -0.3 is 10.1 Å². The Kier molecular flexibility index (Phi) is 7.60. The van der Waals surface area contributed by atoms with Crippen molar-refractivity contribution in [3.63, 3.8) is 0 Å². The van der Waals surface area contributed by atoms with Crippen molar-refractivity contribution in [3.8, 4) is 0 Å². The lowest BCUT2D eigenvalue weighted by Crippen LogP contribution is -2.33. The normalized spacial score (nSPS) is 12.6. The topological polar surface area (TPSA) is 21.3 Å². The van der Waals surface area contributed by atoms with Gasteiger partial charge in [-0.25, -0.2) is 8.78 Å². The average molecular weight is 271 g/mol. The molecule has 4 heteroatoms. The van der Waals surface area contributed by atoms with Crippen LogP contribution >= 0.6 is 0 Å². The highest BCUT2D eigenvalue weighted by molar-refractivity contribution is 5.20. The van der Waals surface area contributed by atoms with E-state index in [9.17, 15) is 8.78 Å². The maximum Gasteiger partial charge on any atom is 0.129 e. The van der Waals surface area contributed by atoms with Crippen molar-refractivity contribution >= 4 is 0 Å². The average Bonchev–Trinajstić information content (AvgIpc) is 2.39. The van der Waals surface area contributed by atoms with Gasteiger partial charge in [0.2, 0.25) is 0 Å². The van der Waals surface area contributed by atoms with Crippen molar-refractivity contribution in [2.45, 2.75) is 39.2 Å². The summed E-state index contributed by atoms with van der Waals surface area (Å²) in [5.74, 6) is -0.945. The molecule has 2 nitrogen and oxygen atoms in total. The van der Waals surface area contributed by atoms with Crippen LogP contribution in [0.2, 0.25) is 0 Å². The molecule has 0 saturated heterocycles. The molecule has 1 unspecified atom stereocenters. The van der Waals surface area contributed by atoms with E-state index >= 15 is 0 Å². The van der Waals surface area contributed by atoms with Crippen LogP contribution in [-0.4, -0.2) is 25.8 Å². The summed E-state index contributed by atoms with van der Waals surface area (Å²) < 4.78 is 32.6.